The topological polar surface area (TPSA) is 22.0 Å². The molecule has 0 N–H and O–H groups in total. The van der Waals surface area contributed by atoms with E-state index in [2.05, 4.69) is 44.4 Å². The Labute approximate surface area is 119 Å². The molecule has 0 saturated carbocycles. The van der Waals surface area contributed by atoms with E-state index in [4.69, 9.17) is 11.6 Å². The first kappa shape index (κ1) is 14.1. The van der Waals surface area contributed by atoms with E-state index in [0.29, 0.717) is 16.6 Å². The molecule has 0 radical (unpaired) electrons. The van der Waals surface area contributed by atoms with Gasteiger partial charge in [0.1, 0.15) is 5.15 Å². The summed E-state index contributed by atoms with van der Waals surface area (Å²) in [5.41, 5.74) is 4.13. The molecule has 2 rings (SSSR count). The number of hydrogen-bond donors (Lipinski definition) is 0. The van der Waals surface area contributed by atoms with E-state index >= 15 is 0 Å². The fourth-order valence-corrected chi connectivity index (χ4v) is 2.85. The maximum atomic E-state index is 11.9. The smallest absolute Gasteiger partial charge is 0.163 e. The summed E-state index contributed by atoms with van der Waals surface area (Å²) in [6, 6.07) is 4.20. The van der Waals surface area contributed by atoms with Crippen molar-refractivity contribution in [3.05, 3.63) is 34.0 Å². The molecule has 3 heteroatoms. The molecule has 1 aromatic carbocycles. The van der Waals surface area contributed by atoms with Crippen LogP contribution >= 0.6 is 11.6 Å². The van der Waals surface area contributed by atoms with Gasteiger partial charge in [0.15, 0.2) is 5.78 Å². The predicted octanol–water partition coefficient (Wildman–Crippen LogP) is 4.77. The van der Waals surface area contributed by atoms with Crippen LogP contribution < -0.4 is 0 Å². The lowest BCUT2D eigenvalue weighted by molar-refractivity contribution is 0.101. The molecule has 0 bridgehead atoms. The Balaban J connectivity index is 2.84. The van der Waals surface area contributed by atoms with Gasteiger partial charge in [-0.2, -0.15) is 0 Å². The number of halogens is 1. The number of carbonyl (C=O) groups excluding carboxylic acids is 1. The largest absolute Gasteiger partial charge is 0.331 e. The molecule has 0 fully saturated rings. The highest BCUT2D eigenvalue weighted by Gasteiger charge is 2.19. The van der Waals surface area contributed by atoms with Gasteiger partial charge in [-0.25, -0.2) is 0 Å². The van der Waals surface area contributed by atoms with Gasteiger partial charge in [0, 0.05) is 11.9 Å². The Morgan fingerprint density at radius 2 is 1.84 bits per heavy atom. The minimum atomic E-state index is 0.0285. The molecule has 19 heavy (non-hydrogen) atoms. The lowest BCUT2D eigenvalue weighted by Gasteiger charge is -2.10. The number of ketones is 1. The van der Waals surface area contributed by atoms with Gasteiger partial charge in [0.05, 0.1) is 11.1 Å². The van der Waals surface area contributed by atoms with Crippen LogP contribution in [0.1, 0.15) is 42.3 Å². The Hall–Kier alpha value is -1.28. The van der Waals surface area contributed by atoms with E-state index in [0.717, 1.165) is 17.4 Å². The molecule has 1 heterocycles. The van der Waals surface area contributed by atoms with E-state index < -0.39 is 0 Å². The predicted molar refractivity (Wildman–Crippen MR) is 81.3 cm³/mol. The van der Waals surface area contributed by atoms with Crippen LogP contribution in [-0.2, 0) is 6.54 Å². The number of benzene rings is 1. The van der Waals surface area contributed by atoms with Gasteiger partial charge in [-0.05, 0) is 49.9 Å². The molecule has 0 aliphatic carbocycles. The quantitative estimate of drug-likeness (QED) is 0.741. The monoisotopic (exact) mass is 277 g/mol. The first-order valence-electron chi connectivity index (χ1n) is 6.62. The molecule has 0 spiro atoms. The molecular weight excluding hydrogens is 258 g/mol. The van der Waals surface area contributed by atoms with Crippen molar-refractivity contribution in [3.63, 3.8) is 0 Å². The molecule has 1 aromatic heterocycles. The van der Waals surface area contributed by atoms with Gasteiger partial charge in [-0.3, -0.25) is 4.79 Å². The highest BCUT2D eigenvalue weighted by atomic mass is 35.5. The van der Waals surface area contributed by atoms with Crippen molar-refractivity contribution >= 4 is 28.3 Å². The van der Waals surface area contributed by atoms with Crippen molar-refractivity contribution in [2.45, 2.75) is 41.2 Å². The van der Waals surface area contributed by atoms with Crippen molar-refractivity contribution < 1.29 is 4.79 Å². The highest BCUT2D eigenvalue weighted by molar-refractivity contribution is 6.35. The number of fused-ring (bicyclic) bond motifs is 1. The average molecular weight is 278 g/mol. The normalized spacial score (nSPS) is 11.5. The van der Waals surface area contributed by atoms with Crippen LogP contribution in [0.2, 0.25) is 5.15 Å². The first-order valence-corrected chi connectivity index (χ1v) is 7.00. The summed E-state index contributed by atoms with van der Waals surface area (Å²) >= 11 is 6.44. The molecule has 2 nitrogen and oxygen atoms in total. The molecule has 2 aromatic rings. The van der Waals surface area contributed by atoms with Crippen LogP contribution in [0.15, 0.2) is 12.1 Å². The molecule has 0 saturated heterocycles. The van der Waals surface area contributed by atoms with Crippen LogP contribution in [0, 0.1) is 19.8 Å². The Kier molecular flexibility index (Phi) is 3.73. The van der Waals surface area contributed by atoms with Crippen molar-refractivity contribution in [2.24, 2.45) is 5.92 Å². The van der Waals surface area contributed by atoms with E-state index in [9.17, 15) is 4.79 Å². The third-order valence-electron chi connectivity index (χ3n) is 3.52. The number of nitrogens with zero attached hydrogens (tertiary/aromatic N) is 1. The van der Waals surface area contributed by atoms with E-state index in [1.54, 1.807) is 6.92 Å². The lowest BCUT2D eigenvalue weighted by atomic mass is 10.0. The van der Waals surface area contributed by atoms with Gasteiger partial charge < -0.3 is 4.57 Å². The minimum absolute atomic E-state index is 0.0285. The van der Waals surface area contributed by atoms with Crippen LogP contribution in [0.25, 0.3) is 10.9 Å². The first-order chi connectivity index (χ1) is 8.82. The molecule has 0 amide bonds. The second kappa shape index (κ2) is 5.01. The number of carbonyl (C=O) groups is 1. The summed E-state index contributed by atoms with van der Waals surface area (Å²) in [6.45, 7) is 10.9. The lowest BCUT2D eigenvalue weighted by Crippen LogP contribution is -2.05. The van der Waals surface area contributed by atoms with Crippen LogP contribution in [0.5, 0.6) is 0 Å². The van der Waals surface area contributed by atoms with Gasteiger partial charge >= 0.3 is 0 Å². The summed E-state index contributed by atoms with van der Waals surface area (Å²) in [5.74, 6) is 0.510. The van der Waals surface area contributed by atoms with Gasteiger partial charge in [0.2, 0.25) is 0 Å². The number of aromatic nitrogens is 1. The molecule has 0 aliphatic heterocycles. The standard InChI is InChI=1S/C16H20ClNO/c1-9(2)8-18-14-7-11(4)10(3)6-13(14)15(12(5)19)16(18)17/h6-7,9H,8H2,1-5H3. The summed E-state index contributed by atoms with van der Waals surface area (Å²) in [7, 11) is 0. The zero-order valence-electron chi connectivity index (χ0n) is 12.2. The van der Waals surface area contributed by atoms with E-state index in [1.165, 1.54) is 11.1 Å². The number of aryl methyl sites for hydroxylation is 2. The summed E-state index contributed by atoms with van der Waals surface area (Å²) in [4.78, 5) is 11.9. The zero-order chi connectivity index (χ0) is 14.3. The number of Topliss-reactive ketones (excluding diaryl/α,β-unsaturated/α-hetero) is 1. The van der Waals surface area contributed by atoms with Gasteiger partial charge in [-0.15, -0.1) is 0 Å². The van der Waals surface area contributed by atoms with Crippen molar-refractivity contribution in [1.82, 2.24) is 4.57 Å². The van der Waals surface area contributed by atoms with Crippen LogP contribution in [0.4, 0.5) is 0 Å². The SMILES string of the molecule is CC(=O)c1c(Cl)n(CC(C)C)c2cc(C)c(C)cc12. The molecular formula is C16H20ClNO. The number of hydrogen-bond acceptors (Lipinski definition) is 1. The minimum Gasteiger partial charge on any atom is -0.331 e. The summed E-state index contributed by atoms with van der Waals surface area (Å²) in [6.07, 6.45) is 0. The average Bonchev–Trinajstić information content (AvgIpc) is 2.53. The third-order valence-corrected chi connectivity index (χ3v) is 3.91. The van der Waals surface area contributed by atoms with E-state index in [1.807, 2.05) is 0 Å². The van der Waals surface area contributed by atoms with Crippen molar-refractivity contribution in [1.29, 1.82) is 0 Å². The Bertz CT molecular complexity index is 653. The Morgan fingerprint density at radius 3 is 2.37 bits per heavy atom. The maximum absolute atomic E-state index is 11.9. The summed E-state index contributed by atoms with van der Waals surface area (Å²) < 4.78 is 2.06. The highest BCUT2D eigenvalue weighted by Crippen LogP contribution is 2.33. The number of rotatable bonds is 3. The maximum Gasteiger partial charge on any atom is 0.163 e. The van der Waals surface area contributed by atoms with Gasteiger partial charge in [-0.1, -0.05) is 25.4 Å². The van der Waals surface area contributed by atoms with Crippen molar-refractivity contribution in [3.8, 4) is 0 Å². The Morgan fingerprint density at radius 1 is 1.26 bits per heavy atom. The van der Waals surface area contributed by atoms with Crippen LogP contribution in [0.3, 0.4) is 0 Å². The van der Waals surface area contributed by atoms with Crippen LogP contribution in [-0.4, -0.2) is 10.4 Å². The molecule has 102 valence electrons. The fraction of sp³-hybridized carbons (Fsp3) is 0.438. The molecule has 0 atom stereocenters. The van der Waals surface area contributed by atoms with Gasteiger partial charge in [0.25, 0.3) is 0 Å². The third kappa shape index (κ3) is 2.42. The van der Waals surface area contributed by atoms with Crippen molar-refractivity contribution in [2.75, 3.05) is 0 Å². The summed E-state index contributed by atoms with van der Waals surface area (Å²) in [5, 5.41) is 1.54. The zero-order valence-corrected chi connectivity index (χ0v) is 12.9. The van der Waals surface area contributed by atoms with E-state index in [-0.39, 0.29) is 5.78 Å². The fourth-order valence-electron chi connectivity index (χ4n) is 2.45. The second-order valence-corrected chi connectivity index (χ2v) is 6.04. The molecule has 0 unspecified atom stereocenters. The second-order valence-electron chi connectivity index (χ2n) is 5.68. The molecule has 0 aliphatic rings.